The molecule has 0 saturated heterocycles. The summed E-state index contributed by atoms with van der Waals surface area (Å²) < 4.78 is 40.7. The van der Waals surface area contributed by atoms with Gasteiger partial charge in [-0.3, -0.25) is 0 Å². The summed E-state index contributed by atoms with van der Waals surface area (Å²) in [5.74, 6) is -0.665. The average Bonchev–Trinajstić information content (AvgIpc) is 3.43. The molecular formula is C22H21ClF3N5O2S. The van der Waals surface area contributed by atoms with Crippen LogP contribution in [0.1, 0.15) is 35.3 Å². The van der Waals surface area contributed by atoms with Gasteiger partial charge in [-0.2, -0.15) is 5.10 Å². The van der Waals surface area contributed by atoms with Crippen LogP contribution >= 0.6 is 22.9 Å². The van der Waals surface area contributed by atoms with Gasteiger partial charge in [-0.25, -0.2) is 9.80 Å². The molecule has 2 amide bonds. The van der Waals surface area contributed by atoms with Gasteiger partial charge in [-0.15, -0.1) is 34.7 Å². The van der Waals surface area contributed by atoms with Crippen molar-refractivity contribution in [2.75, 3.05) is 11.9 Å². The minimum atomic E-state index is -4.79. The molecular weight excluding hydrogens is 491 g/mol. The van der Waals surface area contributed by atoms with Crippen molar-refractivity contribution in [2.24, 2.45) is 5.10 Å². The zero-order chi connectivity index (χ0) is 24.9. The highest BCUT2D eigenvalue weighted by Crippen LogP contribution is 2.31. The molecule has 3 aromatic rings. The minimum absolute atomic E-state index is 0.230. The van der Waals surface area contributed by atoms with Crippen molar-refractivity contribution >= 4 is 40.4 Å². The van der Waals surface area contributed by atoms with Gasteiger partial charge >= 0.3 is 12.4 Å². The topological polar surface area (TPSA) is 79.7 Å². The van der Waals surface area contributed by atoms with Crippen LogP contribution in [0, 0.1) is 6.92 Å². The third-order valence-corrected chi connectivity index (χ3v) is 5.67. The lowest BCUT2D eigenvalue weighted by Gasteiger charge is -2.15. The number of carbonyl (C=O) groups excluding carboxylic acids is 1. The Morgan fingerprint density at radius 1 is 1.12 bits per heavy atom. The molecule has 2 heterocycles. The first kappa shape index (κ1) is 25.4. The number of carbonyl (C=O) groups is 1. The number of urea groups is 1. The zero-order valence-corrected chi connectivity index (χ0v) is 20.0. The van der Waals surface area contributed by atoms with Crippen LogP contribution in [0.4, 0.5) is 23.7 Å². The maximum absolute atomic E-state index is 12.8. The average molecular weight is 512 g/mol. The van der Waals surface area contributed by atoms with Crippen molar-refractivity contribution in [2.45, 2.75) is 33.1 Å². The highest BCUT2D eigenvalue weighted by atomic mass is 35.5. The molecule has 1 aliphatic heterocycles. The van der Waals surface area contributed by atoms with E-state index in [1.807, 2.05) is 32.9 Å². The van der Waals surface area contributed by atoms with E-state index in [1.165, 1.54) is 28.5 Å². The molecule has 180 valence electrons. The van der Waals surface area contributed by atoms with Gasteiger partial charge in [0.05, 0.1) is 18.2 Å². The Hall–Kier alpha value is -3.18. The molecule has 0 saturated carbocycles. The fourth-order valence-corrected chi connectivity index (χ4v) is 4.00. The quantitative estimate of drug-likeness (QED) is 0.436. The molecule has 2 aromatic carbocycles. The van der Waals surface area contributed by atoms with Gasteiger partial charge in [0.15, 0.2) is 0 Å². The predicted molar refractivity (Wildman–Crippen MR) is 126 cm³/mol. The van der Waals surface area contributed by atoms with Crippen LogP contribution in [-0.4, -0.2) is 39.9 Å². The van der Waals surface area contributed by atoms with Crippen molar-refractivity contribution in [3.8, 4) is 5.75 Å². The van der Waals surface area contributed by atoms with E-state index >= 15 is 0 Å². The van der Waals surface area contributed by atoms with E-state index < -0.39 is 12.4 Å². The first-order chi connectivity index (χ1) is 16.2. The molecule has 1 aliphatic rings. The van der Waals surface area contributed by atoms with Crippen LogP contribution in [0.15, 0.2) is 53.6 Å². The molecule has 0 bridgehead atoms. The Labute approximate surface area is 203 Å². The smallest absolute Gasteiger partial charge is 0.406 e. The molecule has 0 radical (unpaired) electrons. The van der Waals surface area contributed by atoms with Gasteiger partial charge < -0.3 is 10.1 Å². The van der Waals surface area contributed by atoms with Gasteiger partial charge in [0.25, 0.3) is 0 Å². The van der Waals surface area contributed by atoms with Gasteiger partial charge in [-0.05, 0) is 48.9 Å². The zero-order valence-electron chi connectivity index (χ0n) is 18.4. The molecule has 0 spiro atoms. The van der Waals surface area contributed by atoms with Crippen LogP contribution in [0.5, 0.6) is 5.75 Å². The molecule has 4 rings (SSSR count). The van der Waals surface area contributed by atoms with Gasteiger partial charge in [0, 0.05) is 10.7 Å². The second-order valence-corrected chi connectivity index (χ2v) is 8.44. The van der Waals surface area contributed by atoms with Gasteiger partial charge in [0.2, 0.25) is 0 Å². The van der Waals surface area contributed by atoms with Crippen LogP contribution in [-0.2, 0) is 0 Å². The number of aryl methyl sites for hydroxylation is 1. The summed E-state index contributed by atoms with van der Waals surface area (Å²) in [6.45, 7) is 6.07. The lowest BCUT2D eigenvalue weighted by molar-refractivity contribution is -0.274. The number of ether oxygens (including phenoxy) is 1. The molecule has 1 N–H and O–H groups in total. The number of hydrogen-bond donors (Lipinski definition) is 1. The summed E-state index contributed by atoms with van der Waals surface area (Å²) in [6.07, 6.45) is -4.79. The van der Waals surface area contributed by atoms with E-state index in [0.29, 0.717) is 16.4 Å². The normalized spacial score (nSPS) is 15.3. The molecule has 1 aromatic heterocycles. The number of aromatic nitrogens is 2. The van der Waals surface area contributed by atoms with Gasteiger partial charge in [0.1, 0.15) is 15.8 Å². The summed E-state index contributed by atoms with van der Waals surface area (Å²) in [5.41, 5.74) is 1.72. The number of benzene rings is 2. The maximum atomic E-state index is 12.8. The van der Waals surface area contributed by atoms with Crippen LogP contribution in [0.25, 0.3) is 0 Å². The number of hydrogen-bond acceptors (Lipinski definition) is 6. The van der Waals surface area contributed by atoms with Crippen LogP contribution in [0.2, 0.25) is 5.02 Å². The largest absolute Gasteiger partial charge is 0.573 e. The van der Waals surface area contributed by atoms with Crippen molar-refractivity contribution in [3.05, 3.63) is 69.1 Å². The second kappa shape index (κ2) is 10.8. The summed E-state index contributed by atoms with van der Waals surface area (Å²) >= 11 is 7.40. The van der Waals surface area contributed by atoms with E-state index in [4.69, 9.17) is 11.6 Å². The number of alkyl halides is 3. The summed E-state index contributed by atoms with van der Waals surface area (Å²) in [6, 6.07) is 11.4. The number of nitrogens with one attached hydrogen (secondary N) is 1. The molecule has 0 fully saturated rings. The second-order valence-electron chi connectivity index (χ2n) is 6.79. The number of nitrogens with zero attached hydrogens (tertiary/aromatic N) is 4. The lowest BCUT2D eigenvalue weighted by Crippen LogP contribution is -2.30. The van der Waals surface area contributed by atoms with Crippen molar-refractivity contribution in [3.63, 3.8) is 0 Å². The highest BCUT2D eigenvalue weighted by molar-refractivity contribution is 7.11. The summed E-state index contributed by atoms with van der Waals surface area (Å²) in [7, 11) is 0. The van der Waals surface area contributed by atoms with Crippen molar-refractivity contribution < 1.29 is 22.7 Å². The fraction of sp³-hybridized carbons (Fsp3) is 0.273. The van der Waals surface area contributed by atoms with E-state index in [0.717, 1.165) is 27.7 Å². The Bertz CT molecular complexity index is 1150. The van der Waals surface area contributed by atoms with Crippen molar-refractivity contribution in [1.29, 1.82) is 0 Å². The Kier molecular flexibility index (Phi) is 8.11. The summed E-state index contributed by atoms with van der Waals surface area (Å²) in [4.78, 5) is 12.8. The SMILES string of the molecule is CC.Cc1nnc(C2CN(C(=O)Nc3ccc(OC(F)(F)F)cc3)N=C2c2ccc(Cl)cc2)s1. The first-order valence-corrected chi connectivity index (χ1v) is 11.5. The van der Waals surface area contributed by atoms with E-state index in [1.54, 1.807) is 12.1 Å². The van der Waals surface area contributed by atoms with Gasteiger partial charge in [-0.1, -0.05) is 37.6 Å². The van der Waals surface area contributed by atoms with E-state index in [9.17, 15) is 18.0 Å². The fourth-order valence-electron chi connectivity index (χ4n) is 3.08. The molecule has 12 heteroatoms. The number of hydrazone groups is 1. The highest BCUT2D eigenvalue weighted by Gasteiger charge is 2.35. The number of rotatable bonds is 4. The Morgan fingerprint density at radius 2 is 1.76 bits per heavy atom. The molecule has 7 nitrogen and oxygen atoms in total. The molecule has 34 heavy (non-hydrogen) atoms. The number of halogens is 4. The van der Waals surface area contributed by atoms with Crippen LogP contribution < -0.4 is 10.1 Å². The lowest BCUT2D eigenvalue weighted by atomic mass is 9.98. The van der Waals surface area contributed by atoms with E-state index in [-0.39, 0.29) is 18.2 Å². The summed E-state index contributed by atoms with van der Waals surface area (Å²) in [5, 5.41) is 18.7. The minimum Gasteiger partial charge on any atom is -0.406 e. The Balaban J connectivity index is 0.00000158. The molecule has 1 unspecified atom stereocenters. The Morgan fingerprint density at radius 3 is 2.32 bits per heavy atom. The molecule has 1 atom stereocenters. The predicted octanol–water partition coefficient (Wildman–Crippen LogP) is 6.46. The van der Waals surface area contributed by atoms with Crippen LogP contribution in [0.3, 0.4) is 0 Å². The number of amides is 2. The van der Waals surface area contributed by atoms with Crippen molar-refractivity contribution in [1.82, 2.24) is 15.2 Å². The number of anilines is 1. The third kappa shape index (κ3) is 6.45. The first-order valence-electron chi connectivity index (χ1n) is 10.3. The van der Waals surface area contributed by atoms with E-state index in [2.05, 4.69) is 25.4 Å². The maximum Gasteiger partial charge on any atom is 0.573 e. The standard InChI is InChI=1S/C20H15ClF3N5O2S.C2H6/c1-11-26-27-18(32-11)16-10-29(28-17(16)12-2-4-13(21)5-3-12)19(30)25-14-6-8-15(9-7-14)31-20(22,23)24;1-2/h2-9,16H,10H2,1H3,(H,25,30);1-2H3. The third-order valence-electron chi connectivity index (χ3n) is 4.47. The molecule has 0 aliphatic carbocycles. The monoisotopic (exact) mass is 511 g/mol.